The van der Waals surface area contributed by atoms with Crippen LogP contribution in [0.3, 0.4) is 0 Å². The molecule has 1 heterocycles. The van der Waals surface area contributed by atoms with Gasteiger partial charge >= 0.3 is 6.03 Å². The summed E-state index contributed by atoms with van der Waals surface area (Å²) in [6, 6.07) is 0.157. The lowest BCUT2D eigenvalue weighted by atomic mass is 10.0. The van der Waals surface area contributed by atoms with Gasteiger partial charge in [0.15, 0.2) is 0 Å². The summed E-state index contributed by atoms with van der Waals surface area (Å²) in [5, 5.41) is 11.9. The molecule has 0 radical (unpaired) electrons. The number of carbonyl (C=O) groups is 1. The summed E-state index contributed by atoms with van der Waals surface area (Å²) < 4.78 is 0. The van der Waals surface area contributed by atoms with Crippen LogP contribution in [0.15, 0.2) is 11.8 Å². The van der Waals surface area contributed by atoms with E-state index in [1.165, 1.54) is 5.57 Å². The van der Waals surface area contributed by atoms with Crippen LogP contribution in [0.25, 0.3) is 0 Å². The van der Waals surface area contributed by atoms with Gasteiger partial charge in [0.1, 0.15) is 0 Å². The van der Waals surface area contributed by atoms with E-state index >= 15 is 0 Å². The van der Waals surface area contributed by atoms with Crippen molar-refractivity contribution in [1.29, 1.82) is 0 Å². The topological polar surface area (TPSA) is 52.6 Å². The summed E-state index contributed by atoms with van der Waals surface area (Å²) in [7, 11) is 0. The quantitative estimate of drug-likeness (QED) is 0.810. The lowest BCUT2D eigenvalue weighted by molar-refractivity contribution is 0.134. The van der Waals surface area contributed by atoms with Crippen molar-refractivity contribution in [3.63, 3.8) is 0 Å². The Bertz CT molecular complexity index is 298. The SMILES string of the molecule is C/C(=C\NC(=O)N1CCCCC1CCO)C(C)C. The molecule has 1 atom stereocenters. The fourth-order valence-corrected chi connectivity index (χ4v) is 2.14. The van der Waals surface area contributed by atoms with Gasteiger partial charge in [-0.2, -0.15) is 0 Å². The van der Waals surface area contributed by atoms with E-state index in [1.807, 2.05) is 11.8 Å². The zero-order chi connectivity index (χ0) is 13.5. The van der Waals surface area contributed by atoms with Crippen molar-refractivity contribution >= 4 is 6.03 Å². The Morgan fingerprint density at radius 2 is 2.22 bits per heavy atom. The number of carbonyl (C=O) groups excluding carboxylic acids is 1. The van der Waals surface area contributed by atoms with Crippen molar-refractivity contribution in [3.05, 3.63) is 11.8 Å². The molecular formula is C14H26N2O2. The molecule has 0 aliphatic carbocycles. The van der Waals surface area contributed by atoms with Crippen LogP contribution < -0.4 is 5.32 Å². The van der Waals surface area contributed by atoms with E-state index in [-0.39, 0.29) is 18.7 Å². The van der Waals surface area contributed by atoms with Gasteiger partial charge in [-0.25, -0.2) is 4.79 Å². The summed E-state index contributed by atoms with van der Waals surface area (Å²) in [6.07, 6.45) is 5.69. The van der Waals surface area contributed by atoms with E-state index in [1.54, 1.807) is 6.20 Å². The maximum Gasteiger partial charge on any atom is 0.321 e. The van der Waals surface area contributed by atoms with Crippen LogP contribution in [-0.2, 0) is 0 Å². The molecule has 1 unspecified atom stereocenters. The summed E-state index contributed by atoms with van der Waals surface area (Å²) >= 11 is 0. The van der Waals surface area contributed by atoms with Gasteiger partial charge in [-0.15, -0.1) is 0 Å². The molecular weight excluding hydrogens is 228 g/mol. The van der Waals surface area contributed by atoms with Crippen LogP contribution in [0.2, 0.25) is 0 Å². The van der Waals surface area contributed by atoms with Crippen molar-refractivity contribution < 1.29 is 9.90 Å². The van der Waals surface area contributed by atoms with Gasteiger partial charge in [0, 0.05) is 25.4 Å². The maximum absolute atomic E-state index is 12.1. The van der Waals surface area contributed by atoms with Gasteiger partial charge < -0.3 is 15.3 Å². The molecule has 2 N–H and O–H groups in total. The molecule has 0 aromatic rings. The average Bonchev–Trinajstić information content (AvgIpc) is 2.36. The van der Waals surface area contributed by atoms with Crippen molar-refractivity contribution in [2.45, 2.75) is 52.5 Å². The Morgan fingerprint density at radius 3 is 2.83 bits per heavy atom. The van der Waals surface area contributed by atoms with E-state index < -0.39 is 0 Å². The summed E-state index contributed by atoms with van der Waals surface area (Å²) in [5.41, 5.74) is 1.17. The van der Waals surface area contributed by atoms with Gasteiger partial charge in [-0.05, 0) is 38.5 Å². The number of hydrogen-bond donors (Lipinski definition) is 2. The predicted octanol–water partition coefficient (Wildman–Crippen LogP) is 2.49. The van der Waals surface area contributed by atoms with Crippen molar-refractivity contribution in [3.8, 4) is 0 Å². The first-order valence-electron chi connectivity index (χ1n) is 6.91. The number of allylic oxidation sites excluding steroid dienone is 1. The molecule has 4 heteroatoms. The van der Waals surface area contributed by atoms with Gasteiger partial charge in [0.2, 0.25) is 0 Å². The minimum Gasteiger partial charge on any atom is -0.396 e. The summed E-state index contributed by atoms with van der Waals surface area (Å²) in [4.78, 5) is 14.0. The maximum atomic E-state index is 12.1. The highest BCUT2D eigenvalue weighted by Crippen LogP contribution is 2.19. The molecule has 1 saturated heterocycles. The number of rotatable bonds is 4. The highest BCUT2D eigenvalue weighted by Gasteiger charge is 2.25. The van der Waals surface area contributed by atoms with Crippen LogP contribution in [-0.4, -0.2) is 35.2 Å². The number of piperidine rings is 1. The van der Waals surface area contributed by atoms with Gasteiger partial charge in [-0.3, -0.25) is 0 Å². The molecule has 1 fully saturated rings. The molecule has 18 heavy (non-hydrogen) atoms. The Labute approximate surface area is 110 Å². The Morgan fingerprint density at radius 1 is 1.50 bits per heavy atom. The van der Waals surface area contributed by atoms with Crippen molar-refractivity contribution in [2.75, 3.05) is 13.2 Å². The Hall–Kier alpha value is -1.03. The standard InChI is InChI=1S/C14H26N2O2/c1-11(2)12(3)10-15-14(18)16-8-5-4-6-13(16)7-9-17/h10-11,13,17H,4-9H2,1-3H3,(H,15,18)/b12-10+. The minimum absolute atomic E-state index is 0.0341. The second kappa shape index (κ2) is 7.41. The monoisotopic (exact) mass is 254 g/mol. The van der Waals surface area contributed by atoms with E-state index in [2.05, 4.69) is 19.2 Å². The number of nitrogens with zero attached hydrogens (tertiary/aromatic N) is 1. The number of nitrogens with one attached hydrogen (secondary N) is 1. The number of amides is 2. The first-order valence-corrected chi connectivity index (χ1v) is 6.91. The summed E-state index contributed by atoms with van der Waals surface area (Å²) in [5.74, 6) is 0.444. The van der Waals surface area contributed by atoms with Gasteiger partial charge in [0.25, 0.3) is 0 Å². The largest absolute Gasteiger partial charge is 0.396 e. The van der Waals surface area contributed by atoms with Crippen molar-refractivity contribution in [2.24, 2.45) is 5.92 Å². The minimum atomic E-state index is -0.0341. The zero-order valence-corrected chi connectivity index (χ0v) is 11.8. The van der Waals surface area contributed by atoms with Gasteiger partial charge in [0.05, 0.1) is 0 Å². The number of likely N-dealkylation sites (tertiary alicyclic amines) is 1. The Kier molecular flexibility index (Phi) is 6.19. The van der Waals surface area contributed by atoms with Crippen LogP contribution >= 0.6 is 0 Å². The average molecular weight is 254 g/mol. The molecule has 0 aromatic carbocycles. The molecule has 1 aliphatic rings. The predicted molar refractivity (Wildman–Crippen MR) is 73.2 cm³/mol. The van der Waals surface area contributed by atoms with Crippen LogP contribution in [0.4, 0.5) is 4.79 Å². The second-order valence-electron chi connectivity index (χ2n) is 5.35. The molecule has 4 nitrogen and oxygen atoms in total. The molecule has 1 rings (SSSR count). The first-order chi connectivity index (χ1) is 8.56. The molecule has 0 aromatic heterocycles. The zero-order valence-electron chi connectivity index (χ0n) is 11.8. The first kappa shape index (κ1) is 15.0. The lowest BCUT2D eigenvalue weighted by Gasteiger charge is -2.35. The van der Waals surface area contributed by atoms with Crippen LogP contribution in [0.1, 0.15) is 46.5 Å². The second-order valence-corrected chi connectivity index (χ2v) is 5.35. The number of hydrogen-bond acceptors (Lipinski definition) is 2. The molecule has 0 bridgehead atoms. The fourth-order valence-electron chi connectivity index (χ4n) is 2.14. The smallest absolute Gasteiger partial charge is 0.321 e. The van der Waals surface area contributed by atoms with Gasteiger partial charge in [-0.1, -0.05) is 19.4 Å². The number of aliphatic hydroxyl groups is 1. The van der Waals surface area contributed by atoms with Crippen LogP contribution in [0, 0.1) is 5.92 Å². The van der Waals surface area contributed by atoms with Crippen LogP contribution in [0.5, 0.6) is 0 Å². The summed E-state index contributed by atoms with van der Waals surface area (Å²) in [6.45, 7) is 7.17. The van der Waals surface area contributed by atoms with E-state index in [9.17, 15) is 4.79 Å². The third-order valence-corrected chi connectivity index (χ3v) is 3.68. The lowest BCUT2D eigenvalue weighted by Crippen LogP contribution is -2.47. The van der Waals surface area contributed by atoms with E-state index in [4.69, 9.17) is 5.11 Å². The molecule has 104 valence electrons. The third kappa shape index (κ3) is 4.33. The molecule has 0 saturated carbocycles. The number of aliphatic hydroxyl groups excluding tert-OH is 1. The molecule has 0 spiro atoms. The fraction of sp³-hybridized carbons (Fsp3) is 0.786. The van der Waals surface area contributed by atoms with E-state index in [0.29, 0.717) is 12.3 Å². The normalized spacial score (nSPS) is 21.3. The number of urea groups is 1. The Balaban J connectivity index is 2.55. The third-order valence-electron chi connectivity index (χ3n) is 3.68. The molecule has 2 amide bonds. The van der Waals surface area contributed by atoms with E-state index in [0.717, 1.165) is 25.8 Å². The highest BCUT2D eigenvalue weighted by atomic mass is 16.3. The highest BCUT2D eigenvalue weighted by molar-refractivity contribution is 5.75. The molecule has 1 aliphatic heterocycles. The van der Waals surface area contributed by atoms with Crippen molar-refractivity contribution in [1.82, 2.24) is 10.2 Å².